The van der Waals surface area contributed by atoms with Gasteiger partial charge in [-0.15, -0.1) is 5.06 Å². The lowest BCUT2D eigenvalue weighted by Crippen LogP contribution is -2.44. The summed E-state index contributed by atoms with van der Waals surface area (Å²) in [5.41, 5.74) is 1.88. The molecule has 0 atom stereocenters. The fraction of sp³-hybridized carbons (Fsp3) is 0.619. The number of rotatable bonds is 4. The number of hydrogen-bond acceptors (Lipinski definition) is 4. The summed E-state index contributed by atoms with van der Waals surface area (Å²) in [5.74, 6) is 0.258. The maximum Gasteiger partial charge on any atom is 0.330 e. The van der Waals surface area contributed by atoms with Crippen LogP contribution in [-0.2, 0) is 15.0 Å². The lowest BCUT2D eigenvalue weighted by Gasteiger charge is -2.40. The SMILES string of the molecule is CC(C)c1cccc(C2(CC#N)CCN(OC(=O)C(C)(C)C)CC2)c1. The Balaban J connectivity index is 2.15. The van der Waals surface area contributed by atoms with Gasteiger partial charge in [0, 0.05) is 24.9 Å². The van der Waals surface area contributed by atoms with Gasteiger partial charge >= 0.3 is 5.97 Å². The highest BCUT2D eigenvalue weighted by atomic mass is 16.7. The number of hydrogen-bond donors (Lipinski definition) is 0. The summed E-state index contributed by atoms with van der Waals surface area (Å²) in [7, 11) is 0. The molecule has 1 saturated heterocycles. The highest BCUT2D eigenvalue weighted by Gasteiger charge is 2.38. The van der Waals surface area contributed by atoms with Crippen LogP contribution in [0.2, 0.25) is 0 Å². The van der Waals surface area contributed by atoms with E-state index in [1.54, 1.807) is 5.06 Å². The number of piperidine rings is 1. The van der Waals surface area contributed by atoms with Crippen LogP contribution in [0.5, 0.6) is 0 Å². The molecule has 136 valence electrons. The second-order valence-electron chi connectivity index (χ2n) is 8.45. The first-order valence-electron chi connectivity index (χ1n) is 9.13. The number of carbonyl (C=O) groups excluding carboxylic acids is 1. The zero-order valence-electron chi connectivity index (χ0n) is 16.1. The Morgan fingerprint density at radius 3 is 2.48 bits per heavy atom. The molecule has 0 N–H and O–H groups in total. The molecule has 0 aliphatic carbocycles. The highest BCUT2D eigenvalue weighted by Crippen LogP contribution is 2.39. The van der Waals surface area contributed by atoms with Crippen LogP contribution in [0.3, 0.4) is 0 Å². The molecule has 4 nitrogen and oxygen atoms in total. The predicted octanol–water partition coefficient (Wildman–Crippen LogP) is 4.56. The van der Waals surface area contributed by atoms with Crippen LogP contribution in [0, 0.1) is 16.7 Å². The van der Waals surface area contributed by atoms with Crippen molar-refractivity contribution in [2.24, 2.45) is 5.41 Å². The Kier molecular flexibility index (Phi) is 5.90. The fourth-order valence-corrected chi connectivity index (χ4v) is 3.21. The van der Waals surface area contributed by atoms with E-state index in [0.717, 1.165) is 12.8 Å². The van der Waals surface area contributed by atoms with Gasteiger partial charge in [-0.3, -0.25) is 0 Å². The summed E-state index contributed by atoms with van der Waals surface area (Å²) < 4.78 is 0. The van der Waals surface area contributed by atoms with Gasteiger partial charge in [0.2, 0.25) is 0 Å². The average molecular weight is 342 g/mol. The zero-order valence-corrected chi connectivity index (χ0v) is 16.1. The number of benzene rings is 1. The first-order chi connectivity index (χ1) is 11.7. The second-order valence-corrected chi connectivity index (χ2v) is 8.45. The smallest absolute Gasteiger partial charge is 0.330 e. The molecule has 1 fully saturated rings. The number of hydroxylamine groups is 2. The normalized spacial score (nSPS) is 18.0. The van der Waals surface area contributed by atoms with Gasteiger partial charge in [0.15, 0.2) is 0 Å². The Bertz CT molecular complexity index is 645. The van der Waals surface area contributed by atoms with Crippen LogP contribution in [-0.4, -0.2) is 24.1 Å². The van der Waals surface area contributed by atoms with Gasteiger partial charge < -0.3 is 4.84 Å². The topological polar surface area (TPSA) is 53.3 Å². The lowest BCUT2D eigenvalue weighted by molar-refractivity contribution is -0.207. The molecule has 0 aromatic heterocycles. The van der Waals surface area contributed by atoms with Gasteiger partial charge in [0.25, 0.3) is 0 Å². The zero-order chi connectivity index (χ0) is 18.7. The largest absolute Gasteiger partial charge is 0.367 e. The summed E-state index contributed by atoms with van der Waals surface area (Å²) in [6, 6.07) is 11.0. The Morgan fingerprint density at radius 2 is 1.96 bits per heavy atom. The van der Waals surface area contributed by atoms with Crippen molar-refractivity contribution in [2.45, 2.75) is 65.2 Å². The third-order valence-electron chi connectivity index (χ3n) is 5.09. The minimum absolute atomic E-state index is 0.149. The number of nitriles is 1. The first-order valence-corrected chi connectivity index (χ1v) is 9.13. The van der Waals surface area contributed by atoms with Gasteiger partial charge in [0.1, 0.15) is 0 Å². The van der Waals surface area contributed by atoms with Crippen molar-refractivity contribution in [2.75, 3.05) is 13.1 Å². The molecule has 0 amide bonds. The second kappa shape index (κ2) is 7.58. The molecule has 25 heavy (non-hydrogen) atoms. The summed E-state index contributed by atoms with van der Waals surface area (Å²) in [4.78, 5) is 17.6. The van der Waals surface area contributed by atoms with Crippen LogP contribution < -0.4 is 0 Å². The van der Waals surface area contributed by atoms with E-state index in [-0.39, 0.29) is 11.4 Å². The van der Waals surface area contributed by atoms with E-state index in [1.807, 2.05) is 20.8 Å². The maximum absolute atomic E-state index is 12.1. The quantitative estimate of drug-likeness (QED) is 0.805. The molecule has 1 aliphatic rings. The third kappa shape index (κ3) is 4.61. The van der Waals surface area contributed by atoms with Crippen molar-refractivity contribution < 1.29 is 9.63 Å². The Labute approximate surface area is 151 Å². The van der Waals surface area contributed by atoms with E-state index in [0.29, 0.717) is 25.4 Å². The van der Waals surface area contributed by atoms with E-state index >= 15 is 0 Å². The number of nitrogens with zero attached hydrogens (tertiary/aromatic N) is 2. The average Bonchev–Trinajstić information content (AvgIpc) is 2.56. The van der Waals surface area contributed by atoms with Crippen molar-refractivity contribution in [1.29, 1.82) is 5.26 Å². The molecule has 1 aromatic carbocycles. The van der Waals surface area contributed by atoms with Gasteiger partial charge in [-0.25, -0.2) is 4.79 Å². The van der Waals surface area contributed by atoms with Gasteiger partial charge in [-0.05, 0) is 50.7 Å². The molecule has 0 unspecified atom stereocenters. The fourth-order valence-electron chi connectivity index (χ4n) is 3.21. The van der Waals surface area contributed by atoms with E-state index in [9.17, 15) is 10.1 Å². The van der Waals surface area contributed by atoms with Crippen molar-refractivity contribution in [3.8, 4) is 6.07 Å². The van der Waals surface area contributed by atoms with Crippen LogP contribution in [0.1, 0.15) is 70.9 Å². The molecule has 2 rings (SSSR count). The van der Waals surface area contributed by atoms with Crippen molar-refractivity contribution in [3.63, 3.8) is 0 Å². The molecular weight excluding hydrogens is 312 g/mol. The van der Waals surface area contributed by atoms with E-state index in [2.05, 4.69) is 44.2 Å². The highest BCUT2D eigenvalue weighted by molar-refractivity contribution is 5.75. The Morgan fingerprint density at radius 1 is 1.32 bits per heavy atom. The summed E-state index contributed by atoms with van der Waals surface area (Å²) in [6.07, 6.45) is 2.13. The van der Waals surface area contributed by atoms with Crippen LogP contribution >= 0.6 is 0 Å². The minimum Gasteiger partial charge on any atom is -0.367 e. The Hall–Kier alpha value is -1.86. The molecule has 0 bridgehead atoms. The minimum atomic E-state index is -0.507. The van der Waals surface area contributed by atoms with Crippen molar-refractivity contribution >= 4 is 5.97 Å². The van der Waals surface area contributed by atoms with Crippen LogP contribution in [0.15, 0.2) is 24.3 Å². The van der Waals surface area contributed by atoms with E-state index in [1.165, 1.54) is 11.1 Å². The predicted molar refractivity (Wildman–Crippen MR) is 98.8 cm³/mol. The van der Waals surface area contributed by atoms with E-state index < -0.39 is 5.41 Å². The molecule has 1 heterocycles. The first kappa shape index (κ1) is 19.5. The van der Waals surface area contributed by atoms with E-state index in [4.69, 9.17) is 4.84 Å². The van der Waals surface area contributed by atoms with Gasteiger partial charge in [0.05, 0.1) is 11.5 Å². The summed E-state index contributed by atoms with van der Waals surface area (Å²) in [5, 5.41) is 11.2. The lowest BCUT2D eigenvalue weighted by atomic mass is 9.70. The van der Waals surface area contributed by atoms with Gasteiger partial charge in [-0.2, -0.15) is 5.26 Å². The van der Waals surface area contributed by atoms with Gasteiger partial charge in [-0.1, -0.05) is 38.1 Å². The summed E-state index contributed by atoms with van der Waals surface area (Å²) in [6.45, 7) is 11.3. The maximum atomic E-state index is 12.1. The monoisotopic (exact) mass is 342 g/mol. The summed E-state index contributed by atoms with van der Waals surface area (Å²) >= 11 is 0. The number of carbonyl (C=O) groups is 1. The molecule has 0 saturated carbocycles. The molecule has 1 aromatic rings. The van der Waals surface area contributed by atoms with Crippen LogP contribution in [0.25, 0.3) is 0 Å². The molecule has 0 spiro atoms. The standard InChI is InChI=1S/C21H30N2O2/c1-16(2)17-7-6-8-18(15-17)21(9-12-22)10-13-23(14-11-21)25-19(24)20(3,4)5/h6-8,15-16H,9-11,13-14H2,1-5H3. The molecular formula is C21H30N2O2. The molecule has 4 heteroatoms. The van der Waals surface area contributed by atoms with Crippen LogP contribution in [0.4, 0.5) is 0 Å². The van der Waals surface area contributed by atoms with Crippen molar-refractivity contribution in [3.05, 3.63) is 35.4 Å². The molecule has 0 radical (unpaired) electrons. The van der Waals surface area contributed by atoms with Crippen molar-refractivity contribution in [1.82, 2.24) is 5.06 Å². The molecule has 1 aliphatic heterocycles. The third-order valence-corrected chi connectivity index (χ3v) is 5.09.